The molecule has 0 aliphatic heterocycles. The molecule has 0 aliphatic rings. The predicted octanol–water partition coefficient (Wildman–Crippen LogP) is -0.785. The highest BCUT2D eigenvalue weighted by Crippen LogP contribution is 2.02. The number of nitrogens with one attached hydrogen (secondary N) is 1. The summed E-state index contributed by atoms with van der Waals surface area (Å²) in [5, 5.41) is 16.7. The molecule has 0 saturated heterocycles. The average Bonchev–Trinajstić information content (AvgIpc) is 2.17. The third kappa shape index (κ3) is 5.09. The van der Waals surface area contributed by atoms with Gasteiger partial charge in [0.15, 0.2) is 5.25 Å². The lowest BCUT2D eigenvalue weighted by Crippen LogP contribution is -2.39. The van der Waals surface area contributed by atoms with Gasteiger partial charge >= 0.3 is 0 Å². The van der Waals surface area contributed by atoms with E-state index in [1.54, 1.807) is 13.0 Å². The van der Waals surface area contributed by atoms with Crippen molar-refractivity contribution in [3.05, 3.63) is 0 Å². The van der Waals surface area contributed by atoms with E-state index in [2.05, 4.69) is 9.46 Å². The van der Waals surface area contributed by atoms with E-state index in [4.69, 9.17) is 5.26 Å². The van der Waals surface area contributed by atoms with E-state index in [9.17, 15) is 13.5 Å². The van der Waals surface area contributed by atoms with Gasteiger partial charge in [0.2, 0.25) is 10.0 Å². The van der Waals surface area contributed by atoms with Gasteiger partial charge in [-0.1, -0.05) is 6.92 Å². The van der Waals surface area contributed by atoms with Crippen molar-refractivity contribution >= 4 is 10.0 Å². The average molecular weight is 236 g/mol. The van der Waals surface area contributed by atoms with Crippen LogP contribution in [0.15, 0.2) is 0 Å². The van der Waals surface area contributed by atoms with Crippen molar-refractivity contribution in [2.24, 2.45) is 0 Å². The third-order valence-corrected chi connectivity index (χ3v) is 3.53. The first-order valence-electron chi connectivity index (χ1n) is 4.53. The first-order valence-corrected chi connectivity index (χ1v) is 6.07. The van der Waals surface area contributed by atoms with Gasteiger partial charge in [0, 0.05) is 13.7 Å². The van der Waals surface area contributed by atoms with Gasteiger partial charge in [-0.25, -0.2) is 13.1 Å². The Morgan fingerprint density at radius 2 is 2.20 bits per heavy atom. The number of nitriles is 1. The fourth-order valence-electron chi connectivity index (χ4n) is 0.944. The zero-order valence-electron chi connectivity index (χ0n) is 8.80. The summed E-state index contributed by atoms with van der Waals surface area (Å²) in [5.74, 6) is 0. The molecule has 2 atom stereocenters. The second-order valence-electron chi connectivity index (χ2n) is 3.03. The van der Waals surface area contributed by atoms with Crippen molar-refractivity contribution in [2.45, 2.75) is 24.7 Å². The van der Waals surface area contributed by atoms with E-state index in [1.807, 2.05) is 0 Å². The third-order valence-electron chi connectivity index (χ3n) is 1.77. The Hall–Kier alpha value is -0.680. The highest BCUT2D eigenvalue weighted by Gasteiger charge is 2.23. The van der Waals surface area contributed by atoms with E-state index in [1.165, 1.54) is 7.11 Å². The Bertz CT molecular complexity index is 309. The Balaban J connectivity index is 4.22. The number of ether oxygens (including phenoxy) is 1. The normalized spacial score (nSPS) is 15.6. The smallest absolute Gasteiger partial charge is 0.228 e. The molecule has 0 aromatic rings. The number of rotatable bonds is 7. The van der Waals surface area contributed by atoms with Crippen LogP contribution in [0.4, 0.5) is 0 Å². The maximum atomic E-state index is 11.4. The Labute approximate surface area is 89.9 Å². The van der Waals surface area contributed by atoms with Gasteiger partial charge in [-0.15, -0.1) is 0 Å². The summed E-state index contributed by atoms with van der Waals surface area (Å²) >= 11 is 0. The quantitative estimate of drug-likeness (QED) is 0.604. The van der Waals surface area contributed by atoms with Crippen molar-refractivity contribution in [2.75, 3.05) is 20.3 Å². The number of hydrogen-bond acceptors (Lipinski definition) is 5. The van der Waals surface area contributed by atoms with Crippen LogP contribution < -0.4 is 4.72 Å². The predicted molar refractivity (Wildman–Crippen MR) is 54.5 cm³/mol. The summed E-state index contributed by atoms with van der Waals surface area (Å²) in [4.78, 5) is 0. The molecule has 0 rings (SSSR count). The van der Waals surface area contributed by atoms with Crippen LogP contribution in [0, 0.1) is 11.3 Å². The van der Waals surface area contributed by atoms with Crippen molar-refractivity contribution < 1.29 is 18.3 Å². The number of nitrogens with zero attached hydrogens (tertiary/aromatic N) is 1. The van der Waals surface area contributed by atoms with Crippen LogP contribution in [0.2, 0.25) is 0 Å². The minimum atomic E-state index is -3.66. The van der Waals surface area contributed by atoms with Gasteiger partial charge < -0.3 is 9.84 Å². The molecule has 0 heterocycles. The molecule has 6 nitrogen and oxygen atoms in total. The SMILES string of the molecule is CCC(C#N)S(=O)(=O)NCC(O)COC. The number of sulfonamides is 1. The molecule has 2 N–H and O–H groups in total. The number of hydrogen-bond donors (Lipinski definition) is 2. The zero-order valence-corrected chi connectivity index (χ0v) is 9.62. The first-order chi connectivity index (χ1) is 6.97. The zero-order chi connectivity index (χ0) is 11.9. The lowest BCUT2D eigenvalue weighted by Gasteiger charge is -2.13. The Morgan fingerprint density at radius 3 is 2.60 bits per heavy atom. The molecule has 0 saturated carbocycles. The monoisotopic (exact) mass is 236 g/mol. The molecule has 0 spiro atoms. The minimum Gasteiger partial charge on any atom is -0.389 e. The maximum absolute atomic E-state index is 11.4. The van der Waals surface area contributed by atoms with Crippen LogP contribution >= 0.6 is 0 Å². The van der Waals surface area contributed by atoms with Crippen LogP contribution in [0.1, 0.15) is 13.3 Å². The summed E-state index contributed by atoms with van der Waals surface area (Å²) in [6, 6.07) is 1.68. The van der Waals surface area contributed by atoms with Crippen LogP contribution in [-0.4, -0.2) is 45.1 Å². The van der Waals surface area contributed by atoms with Gasteiger partial charge in [-0.3, -0.25) is 0 Å². The fourth-order valence-corrected chi connectivity index (χ4v) is 2.15. The molecule has 0 aromatic heterocycles. The number of aliphatic hydroxyl groups excluding tert-OH is 1. The number of methoxy groups -OCH3 is 1. The fraction of sp³-hybridized carbons (Fsp3) is 0.875. The molecule has 0 amide bonds. The van der Waals surface area contributed by atoms with Gasteiger partial charge in [0.25, 0.3) is 0 Å². The number of aliphatic hydroxyl groups is 1. The van der Waals surface area contributed by atoms with Gasteiger partial charge in [0.05, 0.1) is 18.8 Å². The lowest BCUT2D eigenvalue weighted by atomic mass is 10.4. The molecule has 2 unspecified atom stereocenters. The van der Waals surface area contributed by atoms with Gasteiger partial charge in [0.1, 0.15) is 0 Å². The molecule has 0 radical (unpaired) electrons. The minimum absolute atomic E-state index is 0.0475. The van der Waals surface area contributed by atoms with Crippen LogP contribution in [0.25, 0.3) is 0 Å². The Kier molecular flexibility index (Phi) is 6.43. The molecular formula is C8H16N2O4S. The highest BCUT2D eigenvalue weighted by molar-refractivity contribution is 7.90. The van der Waals surface area contributed by atoms with E-state index in [0.29, 0.717) is 0 Å². The van der Waals surface area contributed by atoms with Crippen LogP contribution in [0.5, 0.6) is 0 Å². The molecule has 0 aliphatic carbocycles. The lowest BCUT2D eigenvalue weighted by molar-refractivity contribution is 0.0679. The standard InChI is InChI=1S/C8H16N2O4S/c1-3-8(4-9)15(12,13)10-5-7(11)6-14-2/h7-8,10-11H,3,5-6H2,1-2H3. The molecule has 0 aromatic carbocycles. The summed E-state index contributed by atoms with van der Waals surface area (Å²) < 4.78 is 29.6. The molecule has 7 heteroatoms. The maximum Gasteiger partial charge on any atom is 0.228 e. The largest absolute Gasteiger partial charge is 0.389 e. The summed E-state index contributed by atoms with van der Waals surface area (Å²) in [7, 11) is -2.26. The molecular weight excluding hydrogens is 220 g/mol. The second kappa shape index (κ2) is 6.74. The second-order valence-corrected chi connectivity index (χ2v) is 4.98. The first kappa shape index (κ1) is 14.3. The van der Waals surface area contributed by atoms with Gasteiger partial charge in [-0.2, -0.15) is 5.26 Å². The summed E-state index contributed by atoms with van der Waals surface area (Å²) in [6.07, 6.45) is -0.687. The van der Waals surface area contributed by atoms with Crippen LogP contribution in [0.3, 0.4) is 0 Å². The van der Waals surface area contributed by atoms with Crippen LogP contribution in [-0.2, 0) is 14.8 Å². The Morgan fingerprint density at radius 1 is 1.60 bits per heavy atom. The molecule has 0 bridgehead atoms. The van der Waals surface area contributed by atoms with E-state index >= 15 is 0 Å². The topological polar surface area (TPSA) is 99.4 Å². The molecule has 15 heavy (non-hydrogen) atoms. The summed E-state index contributed by atoms with van der Waals surface area (Å²) in [5.41, 5.74) is 0. The van der Waals surface area contributed by atoms with E-state index < -0.39 is 21.4 Å². The van der Waals surface area contributed by atoms with Crippen molar-refractivity contribution in [1.29, 1.82) is 5.26 Å². The van der Waals surface area contributed by atoms with Gasteiger partial charge in [-0.05, 0) is 6.42 Å². The highest BCUT2D eigenvalue weighted by atomic mass is 32.2. The van der Waals surface area contributed by atoms with Crippen molar-refractivity contribution in [3.63, 3.8) is 0 Å². The van der Waals surface area contributed by atoms with E-state index in [-0.39, 0.29) is 19.6 Å². The van der Waals surface area contributed by atoms with Crippen molar-refractivity contribution in [1.82, 2.24) is 4.72 Å². The van der Waals surface area contributed by atoms with E-state index in [0.717, 1.165) is 0 Å². The molecule has 88 valence electrons. The molecule has 0 fully saturated rings. The summed E-state index contributed by atoms with van der Waals surface area (Å²) in [6.45, 7) is 1.51. The van der Waals surface area contributed by atoms with Crippen molar-refractivity contribution in [3.8, 4) is 6.07 Å².